The number of sulfonamides is 1. The van der Waals surface area contributed by atoms with E-state index in [0.717, 1.165) is 15.9 Å². The van der Waals surface area contributed by atoms with Crippen LogP contribution in [-0.2, 0) is 26.1 Å². The Hall–Kier alpha value is -2.87. The second kappa shape index (κ2) is 9.51. The maximum Gasteiger partial charge on any atom is 0.338 e. The topological polar surface area (TPSA) is 138 Å². The minimum Gasteiger partial charge on any atom is -0.495 e. The highest BCUT2D eigenvalue weighted by molar-refractivity contribution is 7.89. The minimum atomic E-state index is -3.94. The number of esters is 1. The van der Waals surface area contributed by atoms with Gasteiger partial charge in [0.2, 0.25) is 15.0 Å². The Morgan fingerprint density at radius 1 is 1.26 bits per heavy atom. The van der Waals surface area contributed by atoms with Gasteiger partial charge in [0, 0.05) is 25.4 Å². The third-order valence-corrected chi connectivity index (χ3v) is 6.39. The van der Waals surface area contributed by atoms with Gasteiger partial charge in [-0.1, -0.05) is 11.3 Å². The summed E-state index contributed by atoms with van der Waals surface area (Å²) in [6.07, 6.45) is 0. The van der Waals surface area contributed by atoms with Gasteiger partial charge >= 0.3 is 5.97 Å². The summed E-state index contributed by atoms with van der Waals surface area (Å²) in [6, 6.07) is 5.28. The summed E-state index contributed by atoms with van der Waals surface area (Å²) in [5.41, 5.74) is 0.241. The van der Waals surface area contributed by atoms with Crippen molar-refractivity contribution in [1.29, 1.82) is 0 Å². The number of carbonyl (C=O) groups excluding carboxylic acids is 1. The first-order chi connectivity index (χ1) is 14.7. The first-order valence-electron chi connectivity index (χ1n) is 8.95. The third kappa shape index (κ3) is 5.25. The molecule has 11 nitrogen and oxygen atoms in total. The van der Waals surface area contributed by atoms with Crippen LogP contribution < -0.4 is 15.0 Å². The molecule has 0 radical (unpaired) electrons. The second-order valence-electron chi connectivity index (χ2n) is 6.26. The molecule has 3 aromatic rings. The van der Waals surface area contributed by atoms with Crippen molar-refractivity contribution >= 4 is 32.3 Å². The molecule has 0 saturated heterocycles. The zero-order chi connectivity index (χ0) is 22.6. The number of nitrogens with zero attached hydrogens (tertiary/aromatic N) is 3. The molecule has 0 bridgehead atoms. The molecule has 3 rings (SSSR count). The van der Waals surface area contributed by atoms with Crippen LogP contribution in [0.3, 0.4) is 0 Å². The van der Waals surface area contributed by atoms with Crippen LogP contribution >= 0.6 is 11.3 Å². The highest BCUT2D eigenvalue weighted by Gasteiger charge is 2.22. The summed E-state index contributed by atoms with van der Waals surface area (Å²) < 4.78 is 43.8. The van der Waals surface area contributed by atoms with E-state index < -0.39 is 16.0 Å². The molecule has 0 saturated carbocycles. The van der Waals surface area contributed by atoms with Crippen LogP contribution in [0.25, 0.3) is 4.96 Å². The Morgan fingerprint density at radius 2 is 2.03 bits per heavy atom. The van der Waals surface area contributed by atoms with Crippen LogP contribution in [0.5, 0.6) is 5.75 Å². The van der Waals surface area contributed by atoms with Gasteiger partial charge in [-0.2, -0.15) is 9.61 Å². The number of hydrogen-bond acceptors (Lipinski definition) is 10. The van der Waals surface area contributed by atoms with Crippen LogP contribution in [0.15, 0.2) is 34.0 Å². The monoisotopic (exact) mass is 468 g/mol. The van der Waals surface area contributed by atoms with Crippen LogP contribution in [-0.4, -0.2) is 56.4 Å². The fourth-order valence-electron chi connectivity index (χ4n) is 2.60. The molecule has 0 spiro atoms. The summed E-state index contributed by atoms with van der Waals surface area (Å²) in [5, 5.41) is 4.46. The van der Waals surface area contributed by atoms with Crippen LogP contribution in [0, 0.1) is 6.92 Å². The van der Waals surface area contributed by atoms with Crippen LogP contribution in [0.1, 0.15) is 21.1 Å². The summed E-state index contributed by atoms with van der Waals surface area (Å²) >= 11 is 1.11. The number of benzene rings is 1. The zero-order valence-corrected chi connectivity index (χ0v) is 18.6. The summed E-state index contributed by atoms with van der Waals surface area (Å²) in [5.74, 6) is -0.680. The van der Waals surface area contributed by atoms with Gasteiger partial charge in [-0.05, 0) is 25.1 Å². The maximum atomic E-state index is 12.6. The number of nitrogens with one attached hydrogen (secondary N) is 1. The first-order valence-corrected chi connectivity index (χ1v) is 11.3. The molecule has 0 amide bonds. The summed E-state index contributed by atoms with van der Waals surface area (Å²) in [4.78, 5) is 28.8. The zero-order valence-electron chi connectivity index (χ0n) is 16.9. The largest absolute Gasteiger partial charge is 0.495 e. The predicted octanol–water partition coefficient (Wildman–Crippen LogP) is 0.750. The van der Waals surface area contributed by atoms with E-state index >= 15 is 0 Å². The molecule has 0 atom stereocenters. The van der Waals surface area contributed by atoms with Crippen molar-refractivity contribution in [3.05, 3.63) is 50.9 Å². The van der Waals surface area contributed by atoms with E-state index in [1.54, 1.807) is 6.92 Å². The molecule has 166 valence electrons. The van der Waals surface area contributed by atoms with Crippen molar-refractivity contribution < 1.29 is 27.4 Å². The Kier molecular flexibility index (Phi) is 7.00. The first kappa shape index (κ1) is 22.8. The number of fused-ring (bicyclic) bond motifs is 1. The molecule has 0 aliphatic heterocycles. The van der Waals surface area contributed by atoms with E-state index in [1.165, 1.54) is 38.5 Å². The Labute approximate surface area is 181 Å². The molecule has 0 unspecified atom stereocenters. The van der Waals surface area contributed by atoms with Gasteiger partial charge < -0.3 is 14.2 Å². The Bertz CT molecular complexity index is 1270. The average Bonchev–Trinajstić information content (AvgIpc) is 3.15. The van der Waals surface area contributed by atoms with Crippen molar-refractivity contribution in [3.8, 4) is 5.75 Å². The minimum absolute atomic E-state index is 0.0140. The van der Waals surface area contributed by atoms with E-state index in [2.05, 4.69) is 14.8 Å². The predicted molar refractivity (Wildman–Crippen MR) is 111 cm³/mol. The van der Waals surface area contributed by atoms with Gasteiger partial charge in [0.15, 0.2) is 5.01 Å². The standard InChI is InChI=1S/C18H20N4O7S2/c1-11-8-16(23)22-18(20-11)30-15(21-22)10-29-17(24)12-4-5-13(28-3)14(9-12)31(25,26)19-6-7-27-2/h4-5,8-9,19H,6-7,10H2,1-3H3. The molecule has 1 aromatic carbocycles. The lowest BCUT2D eigenvalue weighted by Crippen LogP contribution is -2.27. The molecular weight excluding hydrogens is 448 g/mol. The van der Waals surface area contributed by atoms with E-state index in [-0.39, 0.29) is 41.5 Å². The number of carbonyl (C=O) groups is 1. The lowest BCUT2D eigenvalue weighted by molar-refractivity contribution is 0.0471. The number of aryl methyl sites for hydroxylation is 1. The summed E-state index contributed by atoms with van der Waals surface area (Å²) in [6.45, 7) is 1.73. The smallest absolute Gasteiger partial charge is 0.338 e. The SMILES string of the molecule is COCCNS(=O)(=O)c1cc(C(=O)OCc2nn3c(=O)cc(C)nc3s2)ccc1OC. The van der Waals surface area contributed by atoms with Gasteiger partial charge in [0.05, 0.1) is 19.3 Å². The molecule has 1 N–H and O–H groups in total. The van der Waals surface area contributed by atoms with Crippen molar-refractivity contribution in [3.63, 3.8) is 0 Å². The maximum absolute atomic E-state index is 12.6. The normalized spacial score (nSPS) is 11.6. The number of rotatable bonds is 9. The quantitative estimate of drug-likeness (QED) is 0.356. The third-order valence-electron chi connectivity index (χ3n) is 4.03. The van der Waals surface area contributed by atoms with Gasteiger partial charge in [-0.15, -0.1) is 0 Å². The molecule has 0 aliphatic rings. The molecule has 2 heterocycles. The van der Waals surface area contributed by atoms with Crippen molar-refractivity contribution in [2.24, 2.45) is 0 Å². The molecular formula is C18H20N4O7S2. The van der Waals surface area contributed by atoms with Gasteiger partial charge in [-0.25, -0.2) is 22.9 Å². The number of hydrogen-bond donors (Lipinski definition) is 1. The van der Waals surface area contributed by atoms with Gasteiger partial charge in [0.1, 0.15) is 17.3 Å². The molecule has 31 heavy (non-hydrogen) atoms. The Morgan fingerprint density at radius 3 is 2.74 bits per heavy atom. The summed E-state index contributed by atoms with van der Waals surface area (Å²) in [7, 11) is -1.17. The van der Waals surface area contributed by atoms with Crippen LogP contribution in [0.2, 0.25) is 0 Å². The lowest BCUT2D eigenvalue weighted by atomic mass is 10.2. The van der Waals surface area contributed by atoms with E-state index in [0.29, 0.717) is 15.7 Å². The lowest BCUT2D eigenvalue weighted by Gasteiger charge is -2.12. The van der Waals surface area contributed by atoms with Crippen LogP contribution in [0.4, 0.5) is 0 Å². The fraction of sp³-hybridized carbons (Fsp3) is 0.333. The van der Waals surface area contributed by atoms with E-state index in [4.69, 9.17) is 14.2 Å². The second-order valence-corrected chi connectivity index (χ2v) is 9.03. The van der Waals surface area contributed by atoms with Crippen molar-refractivity contribution in [1.82, 2.24) is 19.3 Å². The number of methoxy groups -OCH3 is 2. The molecule has 0 fully saturated rings. The van der Waals surface area contributed by atoms with Gasteiger partial charge in [0.25, 0.3) is 5.56 Å². The van der Waals surface area contributed by atoms with Crippen molar-refractivity contribution in [2.75, 3.05) is 27.4 Å². The average molecular weight is 469 g/mol. The van der Waals surface area contributed by atoms with E-state index in [1.807, 2.05) is 0 Å². The number of ether oxygens (including phenoxy) is 3. The molecule has 13 heteroatoms. The highest BCUT2D eigenvalue weighted by Crippen LogP contribution is 2.25. The Balaban J connectivity index is 1.79. The number of aromatic nitrogens is 3. The van der Waals surface area contributed by atoms with Gasteiger partial charge in [-0.3, -0.25) is 4.79 Å². The van der Waals surface area contributed by atoms with Crippen molar-refractivity contribution in [2.45, 2.75) is 18.4 Å². The highest BCUT2D eigenvalue weighted by atomic mass is 32.2. The van der Waals surface area contributed by atoms with E-state index in [9.17, 15) is 18.0 Å². The fourth-order valence-corrected chi connectivity index (χ4v) is 4.66. The molecule has 0 aliphatic carbocycles. The molecule has 2 aromatic heterocycles.